The molecule has 11 heteroatoms. The van der Waals surface area contributed by atoms with Gasteiger partial charge in [0.2, 0.25) is 5.91 Å². The maximum Gasteiger partial charge on any atom is 0.256 e. The van der Waals surface area contributed by atoms with E-state index >= 15 is 0 Å². The van der Waals surface area contributed by atoms with Crippen molar-refractivity contribution in [2.45, 2.75) is 30.5 Å². The number of carbonyl (C=O) groups excluding carboxylic acids is 2. The minimum Gasteiger partial charge on any atom is -0.387 e. The molecule has 4 N–H and O–H groups in total. The number of hydrogen-bond donors (Lipinski definition) is 4. The highest BCUT2D eigenvalue weighted by molar-refractivity contribution is 6.06. The van der Waals surface area contributed by atoms with Crippen molar-refractivity contribution >= 4 is 28.8 Å². The molecule has 5 aromatic rings. The number of aliphatic hydroxyl groups is 2. The quantitative estimate of drug-likeness (QED) is 0.191. The van der Waals surface area contributed by atoms with E-state index in [9.17, 15) is 19.8 Å². The van der Waals surface area contributed by atoms with Gasteiger partial charge in [-0.25, -0.2) is 15.0 Å². The molecule has 0 radical (unpaired) electrons. The molecule has 222 valence electrons. The average Bonchev–Trinajstić information content (AvgIpc) is 3.62. The topological polar surface area (TPSA) is 151 Å². The molecular formula is C33H30N6O5. The van der Waals surface area contributed by atoms with Gasteiger partial charge in [0.05, 0.1) is 6.33 Å². The normalized spacial score (nSPS) is 19.9. The third-order valence-corrected chi connectivity index (χ3v) is 7.50. The van der Waals surface area contributed by atoms with Crippen LogP contribution in [-0.4, -0.2) is 66.4 Å². The second kappa shape index (κ2) is 13.0. The van der Waals surface area contributed by atoms with Gasteiger partial charge in [-0.1, -0.05) is 78.9 Å². The third kappa shape index (κ3) is 6.11. The van der Waals surface area contributed by atoms with Gasteiger partial charge in [0.25, 0.3) is 5.91 Å². The Labute approximate surface area is 252 Å². The van der Waals surface area contributed by atoms with Crippen LogP contribution >= 0.6 is 0 Å². The number of hydrogen-bond acceptors (Lipinski definition) is 8. The lowest BCUT2D eigenvalue weighted by atomic mass is 9.91. The molecule has 1 saturated heterocycles. The highest BCUT2D eigenvalue weighted by atomic mass is 16.6. The fourth-order valence-corrected chi connectivity index (χ4v) is 5.22. The standard InChI is InChI=1S/C33H30N6O5/c40-26(34-18-24(21-10-4-1-5-11-21)22-12-6-2-7-13-22)17-16-25-28(41)29(42)33(44-25)39-20-37-27-30(35-19-36-31(27)39)38-32(43)23-14-8-3-9-15-23/h1-17,19-20,24-25,28-29,33,41-42H,18H2,(H,34,40)(H,35,36,38,43)/b17-16+/t25-,28-,29-,33-/m1/s1. The molecule has 2 amide bonds. The van der Waals surface area contributed by atoms with Crippen molar-refractivity contribution < 1.29 is 24.5 Å². The van der Waals surface area contributed by atoms with Gasteiger partial charge in [-0.2, -0.15) is 0 Å². The molecule has 44 heavy (non-hydrogen) atoms. The summed E-state index contributed by atoms with van der Waals surface area (Å²) in [5.74, 6) is -0.591. The van der Waals surface area contributed by atoms with Gasteiger partial charge in [0.15, 0.2) is 23.2 Å². The zero-order valence-corrected chi connectivity index (χ0v) is 23.5. The van der Waals surface area contributed by atoms with E-state index < -0.39 is 24.5 Å². The molecule has 0 bridgehead atoms. The highest BCUT2D eigenvalue weighted by Crippen LogP contribution is 2.33. The van der Waals surface area contributed by atoms with Crippen molar-refractivity contribution in [3.05, 3.63) is 132 Å². The molecular weight excluding hydrogens is 560 g/mol. The summed E-state index contributed by atoms with van der Waals surface area (Å²) in [6.45, 7) is 0.362. The number of nitrogens with zero attached hydrogens (tertiary/aromatic N) is 4. The van der Waals surface area contributed by atoms with Crippen LogP contribution < -0.4 is 10.6 Å². The van der Waals surface area contributed by atoms with E-state index in [0.29, 0.717) is 12.1 Å². The lowest BCUT2D eigenvalue weighted by Gasteiger charge is -2.18. The Morgan fingerprint density at radius 2 is 1.50 bits per heavy atom. The highest BCUT2D eigenvalue weighted by Gasteiger charge is 2.43. The monoisotopic (exact) mass is 590 g/mol. The number of ether oxygens (including phenoxy) is 1. The maximum atomic E-state index is 12.8. The lowest BCUT2D eigenvalue weighted by molar-refractivity contribution is -0.116. The lowest BCUT2D eigenvalue weighted by Crippen LogP contribution is -2.31. The number of fused-ring (bicyclic) bond motifs is 1. The largest absolute Gasteiger partial charge is 0.387 e. The minimum absolute atomic E-state index is 0.0480. The summed E-state index contributed by atoms with van der Waals surface area (Å²) in [4.78, 5) is 38.2. The number of amides is 2. The van der Waals surface area contributed by atoms with Crippen molar-refractivity contribution in [2.24, 2.45) is 0 Å². The summed E-state index contributed by atoms with van der Waals surface area (Å²) >= 11 is 0. The summed E-state index contributed by atoms with van der Waals surface area (Å²) in [5.41, 5.74) is 3.16. The molecule has 11 nitrogen and oxygen atoms in total. The molecule has 6 rings (SSSR count). The van der Waals surface area contributed by atoms with Crippen LogP contribution in [0.1, 0.15) is 33.6 Å². The van der Waals surface area contributed by atoms with Crippen LogP contribution in [0.4, 0.5) is 5.82 Å². The van der Waals surface area contributed by atoms with Gasteiger partial charge in [-0.05, 0) is 29.3 Å². The van der Waals surface area contributed by atoms with Gasteiger partial charge in [0, 0.05) is 24.1 Å². The Morgan fingerprint density at radius 3 is 2.16 bits per heavy atom. The molecule has 0 spiro atoms. The first-order chi connectivity index (χ1) is 21.5. The van der Waals surface area contributed by atoms with Crippen LogP contribution in [0.3, 0.4) is 0 Å². The zero-order valence-electron chi connectivity index (χ0n) is 23.5. The molecule has 0 aliphatic carbocycles. The molecule has 1 aliphatic rings. The van der Waals surface area contributed by atoms with E-state index in [1.807, 2.05) is 66.7 Å². The van der Waals surface area contributed by atoms with Crippen LogP contribution in [-0.2, 0) is 9.53 Å². The Balaban J connectivity index is 1.13. The zero-order chi connectivity index (χ0) is 30.5. The van der Waals surface area contributed by atoms with E-state index in [0.717, 1.165) is 11.1 Å². The molecule has 0 saturated carbocycles. The summed E-state index contributed by atoms with van der Waals surface area (Å²) in [7, 11) is 0. The summed E-state index contributed by atoms with van der Waals surface area (Å²) in [6.07, 6.45) is 0.676. The number of anilines is 1. The molecule has 0 unspecified atom stereocenters. The van der Waals surface area contributed by atoms with Gasteiger partial charge < -0.3 is 25.6 Å². The number of nitrogens with one attached hydrogen (secondary N) is 2. The van der Waals surface area contributed by atoms with Crippen LogP contribution in [0.25, 0.3) is 11.2 Å². The Hall–Kier alpha value is -5.23. The summed E-state index contributed by atoms with van der Waals surface area (Å²) < 4.78 is 7.41. The predicted octanol–water partition coefficient (Wildman–Crippen LogP) is 3.20. The predicted molar refractivity (Wildman–Crippen MR) is 163 cm³/mol. The number of rotatable bonds is 9. The number of imidazole rings is 1. The van der Waals surface area contributed by atoms with Crippen molar-refractivity contribution in [1.29, 1.82) is 0 Å². The van der Waals surface area contributed by atoms with Crippen LogP contribution in [0, 0.1) is 0 Å². The Morgan fingerprint density at radius 1 is 0.864 bits per heavy atom. The summed E-state index contributed by atoms with van der Waals surface area (Å²) in [6, 6.07) is 28.5. The fourth-order valence-electron chi connectivity index (χ4n) is 5.22. The summed E-state index contributed by atoms with van der Waals surface area (Å²) in [5, 5.41) is 27.3. The number of aliphatic hydroxyl groups excluding tert-OH is 2. The van der Waals surface area contributed by atoms with E-state index in [1.165, 1.54) is 29.4 Å². The molecule has 3 aromatic carbocycles. The van der Waals surface area contributed by atoms with Crippen molar-refractivity contribution in [1.82, 2.24) is 24.8 Å². The number of aromatic nitrogens is 4. The van der Waals surface area contributed by atoms with Gasteiger partial charge in [-0.15, -0.1) is 0 Å². The molecule has 4 atom stereocenters. The Bertz CT molecular complexity index is 1720. The first-order valence-electron chi connectivity index (χ1n) is 14.1. The molecule has 2 aromatic heterocycles. The molecule has 1 fully saturated rings. The first kappa shape index (κ1) is 28.9. The van der Waals surface area contributed by atoms with Crippen molar-refractivity contribution in [2.75, 3.05) is 11.9 Å². The van der Waals surface area contributed by atoms with Crippen LogP contribution in [0.15, 0.2) is 116 Å². The number of benzene rings is 3. The second-order valence-corrected chi connectivity index (χ2v) is 10.3. The van der Waals surface area contributed by atoms with Crippen molar-refractivity contribution in [3.63, 3.8) is 0 Å². The smallest absolute Gasteiger partial charge is 0.256 e. The van der Waals surface area contributed by atoms with E-state index in [2.05, 4.69) is 25.6 Å². The van der Waals surface area contributed by atoms with E-state index in [-0.39, 0.29) is 34.7 Å². The van der Waals surface area contributed by atoms with E-state index in [4.69, 9.17) is 4.74 Å². The van der Waals surface area contributed by atoms with Crippen molar-refractivity contribution in [3.8, 4) is 0 Å². The Kier molecular flexibility index (Phi) is 8.50. The van der Waals surface area contributed by atoms with Crippen LogP contribution in [0.5, 0.6) is 0 Å². The van der Waals surface area contributed by atoms with Crippen LogP contribution in [0.2, 0.25) is 0 Å². The maximum absolute atomic E-state index is 12.8. The van der Waals surface area contributed by atoms with Gasteiger partial charge in [-0.3, -0.25) is 14.2 Å². The molecule has 3 heterocycles. The SMILES string of the molecule is O=C(/C=C/[C@H]1O[C@@H](n2cnc3c(NC(=O)c4ccccc4)ncnc32)[C@H](O)[C@@H]1O)NCC(c1ccccc1)c1ccccc1. The number of carbonyl (C=O) groups is 2. The minimum atomic E-state index is -1.34. The van der Waals surface area contributed by atoms with Gasteiger partial charge in [0.1, 0.15) is 24.6 Å². The average molecular weight is 591 g/mol. The van der Waals surface area contributed by atoms with E-state index in [1.54, 1.807) is 24.3 Å². The first-order valence-corrected chi connectivity index (χ1v) is 14.1. The second-order valence-electron chi connectivity index (χ2n) is 10.3. The fraction of sp³-hybridized carbons (Fsp3) is 0.182. The molecule has 1 aliphatic heterocycles. The third-order valence-electron chi connectivity index (χ3n) is 7.50. The van der Waals surface area contributed by atoms with Gasteiger partial charge >= 0.3 is 0 Å².